The van der Waals surface area contributed by atoms with Crippen LogP contribution in [-0.2, 0) is 14.4 Å². The number of hydrogen-bond acceptors (Lipinski definition) is 5. The summed E-state index contributed by atoms with van der Waals surface area (Å²) in [6, 6.07) is 27.8. The molecule has 1 aliphatic rings. The maximum Gasteiger partial charge on any atom is 0.272 e. The molecule has 10 heteroatoms. The Labute approximate surface area is 253 Å². The molecule has 42 heavy (non-hydrogen) atoms. The van der Waals surface area contributed by atoms with Gasteiger partial charge in [0.15, 0.2) is 0 Å². The number of hydrogen-bond donors (Lipinski definition) is 2. The first-order valence-corrected chi connectivity index (χ1v) is 14.5. The van der Waals surface area contributed by atoms with Crippen LogP contribution in [-0.4, -0.2) is 28.9 Å². The van der Waals surface area contributed by atoms with Crippen LogP contribution >= 0.6 is 27.7 Å². The Morgan fingerprint density at radius 1 is 0.905 bits per heavy atom. The summed E-state index contributed by atoms with van der Waals surface area (Å²) in [5.41, 5.74) is 1.56. The van der Waals surface area contributed by atoms with Crippen LogP contribution in [0.1, 0.15) is 22.3 Å². The van der Waals surface area contributed by atoms with E-state index in [1.165, 1.54) is 40.9 Å². The number of thioether (sulfide) groups is 1. The molecule has 2 N–H and O–H groups in total. The Kier molecular flexibility index (Phi) is 8.94. The Hall–Kier alpha value is -4.54. The van der Waals surface area contributed by atoms with Crippen LogP contribution in [0.5, 0.6) is 0 Å². The molecule has 1 atom stereocenters. The Balaban J connectivity index is 1.32. The minimum absolute atomic E-state index is 0.0438. The summed E-state index contributed by atoms with van der Waals surface area (Å²) in [5.74, 6) is -2.21. The average Bonchev–Trinajstić information content (AvgIpc) is 3.25. The molecule has 0 radical (unpaired) electrons. The summed E-state index contributed by atoms with van der Waals surface area (Å²) in [4.78, 5) is 53.8. The van der Waals surface area contributed by atoms with Crippen molar-refractivity contribution in [3.05, 3.63) is 130 Å². The van der Waals surface area contributed by atoms with Gasteiger partial charge in [-0.05, 0) is 78.4 Å². The molecule has 1 aliphatic heterocycles. The molecule has 0 bridgehead atoms. The lowest BCUT2D eigenvalue weighted by atomic mass is 10.1. The first-order valence-electron chi connectivity index (χ1n) is 12.8. The summed E-state index contributed by atoms with van der Waals surface area (Å²) >= 11 is 4.58. The second-order valence-electron chi connectivity index (χ2n) is 9.27. The molecule has 0 saturated carbocycles. The number of benzene rings is 4. The van der Waals surface area contributed by atoms with Crippen molar-refractivity contribution < 1.29 is 23.6 Å². The van der Waals surface area contributed by atoms with Crippen LogP contribution in [0.15, 0.2) is 118 Å². The number of nitrogens with zero attached hydrogens (tertiary/aromatic N) is 1. The standard InChI is InChI=1S/C32H23BrFN3O4S/c33-22-12-14-25(15-13-22)37-29(38)19-28(32(37)41)42-26-11-5-10-24(18-26)35-31(40)27(17-20-6-4-9-23(34)16-20)36-30(39)21-7-2-1-3-8-21/h1-18,28H,19H2,(H,35,40)(H,36,39)/b27-17-. The third kappa shape index (κ3) is 7.02. The molecule has 1 unspecified atom stereocenters. The minimum atomic E-state index is -0.626. The van der Waals surface area contributed by atoms with Gasteiger partial charge in [-0.25, -0.2) is 9.29 Å². The molecule has 1 saturated heterocycles. The van der Waals surface area contributed by atoms with Crippen molar-refractivity contribution in [3.63, 3.8) is 0 Å². The normalized spacial score (nSPS) is 15.0. The molecule has 0 aliphatic carbocycles. The molecule has 4 amide bonds. The fourth-order valence-corrected chi connectivity index (χ4v) is 5.65. The van der Waals surface area contributed by atoms with Gasteiger partial charge in [0.05, 0.1) is 10.9 Å². The van der Waals surface area contributed by atoms with Crippen LogP contribution in [0.4, 0.5) is 15.8 Å². The van der Waals surface area contributed by atoms with E-state index in [2.05, 4.69) is 26.6 Å². The van der Waals surface area contributed by atoms with Gasteiger partial charge in [-0.15, -0.1) is 11.8 Å². The topological polar surface area (TPSA) is 95.6 Å². The Morgan fingerprint density at radius 3 is 2.38 bits per heavy atom. The molecule has 0 aromatic heterocycles. The van der Waals surface area contributed by atoms with Gasteiger partial charge < -0.3 is 10.6 Å². The number of rotatable bonds is 8. The van der Waals surface area contributed by atoms with Crippen molar-refractivity contribution in [2.24, 2.45) is 0 Å². The smallest absolute Gasteiger partial charge is 0.272 e. The molecule has 7 nitrogen and oxygen atoms in total. The van der Waals surface area contributed by atoms with Gasteiger partial charge in [-0.2, -0.15) is 0 Å². The number of imide groups is 1. The molecule has 210 valence electrons. The molecule has 4 aromatic rings. The lowest BCUT2D eigenvalue weighted by Crippen LogP contribution is -2.31. The highest BCUT2D eigenvalue weighted by Crippen LogP contribution is 2.35. The first kappa shape index (κ1) is 29.0. The van der Waals surface area contributed by atoms with E-state index in [4.69, 9.17) is 0 Å². The number of carbonyl (C=O) groups excluding carboxylic acids is 4. The summed E-state index contributed by atoms with van der Waals surface area (Å²) in [6.07, 6.45) is 1.43. The Morgan fingerprint density at radius 2 is 1.64 bits per heavy atom. The molecule has 4 aromatic carbocycles. The summed E-state index contributed by atoms with van der Waals surface area (Å²) < 4.78 is 14.7. The number of anilines is 2. The fraction of sp³-hybridized carbons (Fsp3) is 0.0625. The number of halogens is 2. The summed E-state index contributed by atoms with van der Waals surface area (Å²) in [7, 11) is 0. The molecule has 1 heterocycles. The lowest BCUT2D eigenvalue weighted by Gasteiger charge is -2.15. The van der Waals surface area contributed by atoms with Crippen LogP contribution in [0, 0.1) is 5.82 Å². The lowest BCUT2D eigenvalue weighted by molar-refractivity contribution is -0.121. The van der Waals surface area contributed by atoms with Crippen LogP contribution in [0.2, 0.25) is 0 Å². The number of carbonyl (C=O) groups is 4. The Bertz CT molecular complexity index is 1700. The zero-order valence-corrected chi connectivity index (χ0v) is 24.3. The van der Waals surface area contributed by atoms with Crippen molar-refractivity contribution in [2.45, 2.75) is 16.6 Å². The van der Waals surface area contributed by atoms with Crippen LogP contribution in [0.3, 0.4) is 0 Å². The van der Waals surface area contributed by atoms with Gasteiger partial charge in [0.25, 0.3) is 11.8 Å². The highest BCUT2D eigenvalue weighted by molar-refractivity contribution is 9.10. The van der Waals surface area contributed by atoms with Crippen molar-refractivity contribution in [1.82, 2.24) is 5.32 Å². The zero-order chi connectivity index (χ0) is 29.6. The number of amides is 4. The van der Waals surface area contributed by atoms with E-state index in [1.54, 1.807) is 84.9 Å². The summed E-state index contributed by atoms with van der Waals surface area (Å²) in [5, 5.41) is 4.76. The third-order valence-electron chi connectivity index (χ3n) is 6.25. The van der Waals surface area contributed by atoms with E-state index in [0.717, 1.165) is 4.47 Å². The highest BCUT2D eigenvalue weighted by Gasteiger charge is 2.40. The van der Waals surface area contributed by atoms with E-state index in [0.29, 0.717) is 27.4 Å². The van der Waals surface area contributed by atoms with E-state index >= 15 is 0 Å². The minimum Gasteiger partial charge on any atom is -0.321 e. The molecule has 1 fully saturated rings. The van der Waals surface area contributed by atoms with Gasteiger partial charge in [0.2, 0.25) is 11.8 Å². The molecule has 5 rings (SSSR count). The van der Waals surface area contributed by atoms with E-state index in [9.17, 15) is 23.6 Å². The van der Waals surface area contributed by atoms with E-state index < -0.39 is 22.9 Å². The van der Waals surface area contributed by atoms with Gasteiger partial charge >= 0.3 is 0 Å². The van der Waals surface area contributed by atoms with Crippen LogP contribution < -0.4 is 15.5 Å². The molecule has 0 spiro atoms. The maximum absolute atomic E-state index is 13.8. The highest BCUT2D eigenvalue weighted by atomic mass is 79.9. The van der Waals surface area contributed by atoms with Crippen molar-refractivity contribution in [1.29, 1.82) is 0 Å². The van der Waals surface area contributed by atoms with Gasteiger partial charge in [-0.1, -0.05) is 52.3 Å². The molecular weight excluding hydrogens is 621 g/mol. The SMILES string of the molecule is O=C(Nc1cccc(SC2CC(=O)N(c3ccc(Br)cc3)C2=O)c1)/C(=C/c1cccc(F)c1)NC(=O)c1ccccc1. The van der Waals surface area contributed by atoms with E-state index in [1.807, 2.05) is 0 Å². The predicted molar refractivity (Wildman–Crippen MR) is 164 cm³/mol. The van der Waals surface area contributed by atoms with Gasteiger partial charge in [0, 0.05) is 27.0 Å². The fourth-order valence-electron chi connectivity index (χ4n) is 4.27. The van der Waals surface area contributed by atoms with Crippen molar-refractivity contribution in [3.8, 4) is 0 Å². The second kappa shape index (κ2) is 13.0. The van der Waals surface area contributed by atoms with Gasteiger partial charge in [0.1, 0.15) is 11.5 Å². The second-order valence-corrected chi connectivity index (χ2v) is 11.5. The maximum atomic E-state index is 13.8. The average molecular weight is 645 g/mol. The number of nitrogens with one attached hydrogen (secondary N) is 2. The van der Waals surface area contributed by atoms with Gasteiger partial charge in [-0.3, -0.25) is 19.2 Å². The quantitative estimate of drug-likeness (QED) is 0.171. The predicted octanol–water partition coefficient (Wildman–Crippen LogP) is 6.42. The van der Waals surface area contributed by atoms with Crippen molar-refractivity contribution in [2.75, 3.05) is 10.2 Å². The van der Waals surface area contributed by atoms with Crippen molar-refractivity contribution >= 4 is 68.8 Å². The molecular formula is C32H23BrFN3O4S. The monoisotopic (exact) mass is 643 g/mol. The largest absolute Gasteiger partial charge is 0.321 e. The zero-order valence-electron chi connectivity index (χ0n) is 21.9. The summed E-state index contributed by atoms with van der Waals surface area (Å²) in [6.45, 7) is 0. The van der Waals surface area contributed by atoms with Crippen LogP contribution in [0.25, 0.3) is 6.08 Å². The first-order chi connectivity index (χ1) is 20.3. The van der Waals surface area contributed by atoms with E-state index in [-0.39, 0.29) is 23.9 Å². The third-order valence-corrected chi connectivity index (χ3v) is 7.96.